The summed E-state index contributed by atoms with van der Waals surface area (Å²) < 4.78 is 14.3. The maximum absolute atomic E-state index is 13.2. The molecule has 0 bridgehead atoms. The smallest absolute Gasteiger partial charge is 0.142 e. The molecule has 0 aliphatic rings. The maximum atomic E-state index is 13.2. The normalized spacial score (nSPS) is 10.8. The highest BCUT2D eigenvalue weighted by Crippen LogP contribution is 2.22. The Balaban J connectivity index is 1.87. The third-order valence-electron chi connectivity index (χ3n) is 2.24. The van der Waals surface area contributed by atoms with E-state index in [9.17, 15) is 4.39 Å². The molecule has 0 fully saturated rings. The predicted molar refractivity (Wildman–Crippen MR) is 74.0 cm³/mol. The molecule has 1 heterocycles. The van der Waals surface area contributed by atoms with Crippen LogP contribution in [0.15, 0.2) is 34.1 Å². The minimum absolute atomic E-state index is 0.163. The van der Waals surface area contributed by atoms with E-state index in [1.807, 2.05) is 12.1 Å². The van der Waals surface area contributed by atoms with Crippen molar-refractivity contribution < 1.29 is 4.39 Å². The summed E-state index contributed by atoms with van der Waals surface area (Å²) in [6.07, 6.45) is 0. The van der Waals surface area contributed by atoms with Crippen molar-refractivity contribution in [3.05, 3.63) is 55.4 Å². The van der Waals surface area contributed by atoms with Crippen LogP contribution < -0.4 is 5.32 Å². The minimum Gasteiger partial charge on any atom is -0.308 e. The van der Waals surface area contributed by atoms with Crippen LogP contribution in [-0.4, -0.2) is 0 Å². The minimum atomic E-state index is -0.371. The van der Waals surface area contributed by atoms with Crippen molar-refractivity contribution >= 4 is 38.9 Å². The molecule has 90 valence electrons. The Morgan fingerprint density at radius 2 is 2.06 bits per heavy atom. The second-order valence-corrected chi connectivity index (χ2v) is 6.51. The molecule has 1 N–H and O–H groups in total. The van der Waals surface area contributed by atoms with E-state index in [2.05, 4.69) is 27.3 Å². The summed E-state index contributed by atoms with van der Waals surface area (Å²) in [6, 6.07) is 8.94. The van der Waals surface area contributed by atoms with Crippen molar-refractivity contribution in [1.82, 2.24) is 5.32 Å². The van der Waals surface area contributed by atoms with E-state index >= 15 is 0 Å². The van der Waals surface area contributed by atoms with E-state index in [1.165, 1.54) is 10.9 Å². The van der Waals surface area contributed by atoms with E-state index < -0.39 is 0 Å². The number of thiophene rings is 1. The summed E-state index contributed by atoms with van der Waals surface area (Å²) in [4.78, 5) is 1.24. The molecule has 0 radical (unpaired) electrons. The number of hydrogen-bond donors (Lipinski definition) is 1. The quantitative estimate of drug-likeness (QED) is 0.862. The summed E-state index contributed by atoms with van der Waals surface area (Å²) in [5.74, 6) is -0.371. The van der Waals surface area contributed by atoms with Crippen molar-refractivity contribution in [2.75, 3.05) is 0 Å². The van der Waals surface area contributed by atoms with Gasteiger partial charge in [-0.3, -0.25) is 0 Å². The van der Waals surface area contributed by atoms with Gasteiger partial charge in [0.2, 0.25) is 0 Å². The zero-order chi connectivity index (χ0) is 12.3. The molecular weight excluding hydrogens is 325 g/mol. The van der Waals surface area contributed by atoms with Gasteiger partial charge in [0.15, 0.2) is 0 Å². The van der Waals surface area contributed by atoms with Gasteiger partial charge in [0.25, 0.3) is 0 Å². The van der Waals surface area contributed by atoms with Crippen LogP contribution in [-0.2, 0) is 13.1 Å². The molecule has 5 heteroatoms. The zero-order valence-electron chi connectivity index (χ0n) is 8.84. The molecule has 0 aliphatic heterocycles. The van der Waals surface area contributed by atoms with Crippen LogP contribution in [0.1, 0.15) is 10.4 Å². The molecule has 0 unspecified atom stereocenters. The Kier molecular flexibility index (Phi) is 4.56. The fraction of sp³-hybridized carbons (Fsp3) is 0.167. The molecule has 1 aromatic carbocycles. The topological polar surface area (TPSA) is 12.0 Å². The Hall–Kier alpha value is -0.420. The van der Waals surface area contributed by atoms with E-state index in [1.54, 1.807) is 17.4 Å². The van der Waals surface area contributed by atoms with Crippen molar-refractivity contribution in [2.24, 2.45) is 0 Å². The first-order valence-electron chi connectivity index (χ1n) is 5.04. The van der Waals surface area contributed by atoms with Crippen LogP contribution in [0.3, 0.4) is 0 Å². The van der Waals surface area contributed by atoms with Gasteiger partial charge >= 0.3 is 0 Å². The molecule has 17 heavy (non-hydrogen) atoms. The van der Waals surface area contributed by atoms with Crippen LogP contribution in [0.5, 0.6) is 0 Å². The highest BCUT2D eigenvalue weighted by Gasteiger charge is 2.01. The standard InChI is InChI=1S/C12H10BrClFNS/c13-12-4-2-9(17-12)7-16-6-8-1-3-10(14)11(15)5-8/h1-5,16H,6-7H2. The Bertz CT molecular complexity index is 515. The van der Waals surface area contributed by atoms with Gasteiger partial charge in [0.1, 0.15) is 5.82 Å². The summed E-state index contributed by atoms with van der Waals surface area (Å²) in [7, 11) is 0. The molecule has 0 saturated heterocycles. The molecule has 2 rings (SSSR count). The second-order valence-electron chi connectivity index (χ2n) is 3.56. The molecular formula is C12H10BrClFNS. The van der Waals surface area contributed by atoms with Crippen molar-refractivity contribution in [3.63, 3.8) is 0 Å². The Labute approximate surface area is 117 Å². The van der Waals surface area contributed by atoms with Crippen LogP contribution in [0.25, 0.3) is 0 Å². The lowest BCUT2D eigenvalue weighted by Crippen LogP contribution is -2.11. The summed E-state index contributed by atoms with van der Waals surface area (Å²) in [5.41, 5.74) is 0.891. The van der Waals surface area contributed by atoms with Gasteiger partial charge in [-0.2, -0.15) is 0 Å². The van der Waals surface area contributed by atoms with Gasteiger partial charge in [-0.1, -0.05) is 17.7 Å². The largest absolute Gasteiger partial charge is 0.308 e. The summed E-state index contributed by atoms with van der Waals surface area (Å²) in [5, 5.41) is 3.42. The molecule has 1 nitrogen and oxygen atoms in total. The number of nitrogens with one attached hydrogen (secondary N) is 1. The highest BCUT2D eigenvalue weighted by molar-refractivity contribution is 9.11. The van der Waals surface area contributed by atoms with Gasteiger partial charge < -0.3 is 5.32 Å². The fourth-order valence-corrected chi connectivity index (χ4v) is 3.00. The summed E-state index contributed by atoms with van der Waals surface area (Å²) in [6.45, 7) is 1.41. The lowest BCUT2D eigenvalue weighted by molar-refractivity contribution is 0.621. The predicted octanol–water partition coefficient (Wildman–Crippen LogP) is 4.59. The number of halogens is 3. The van der Waals surface area contributed by atoms with Gasteiger partial charge in [-0.05, 0) is 45.8 Å². The molecule has 1 aromatic heterocycles. The average Bonchev–Trinajstić information content (AvgIpc) is 2.70. The van der Waals surface area contributed by atoms with Crippen LogP contribution in [0.2, 0.25) is 5.02 Å². The zero-order valence-corrected chi connectivity index (χ0v) is 12.0. The van der Waals surface area contributed by atoms with E-state index in [0.29, 0.717) is 6.54 Å². The monoisotopic (exact) mass is 333 g/mol. The first kappa shape index (κ1) is 13.0. The molecule has 0 amide bonds. The van der Waals surface area contributed by atoms with Crippen LogP contribution in [0, 0.1) is 5.82 Å². The molecule has 0 atom stereocenters. The number of rotatable bonds is 4. The van der Waals surface area contributed by atoms with Crippen molar-refractivity contribution in [1.29, 1.82) is 0 Å². The Morgan fingerprint density at radius 3 is 2.71 bits per heavy atom. The molecule has 0 aliphatic carbocycles. The molecule has 0 saturated carbocycles. The maximum Gasteiger partial charge on any atom is 0.142 e. The Morgan fingerprint density at radius 1 is 1.24 bits per heavy atom. The van der Waals surface area contributed by atoms with Crippen molar-refractivity contribution in [2.45, 2.75) is 13.1 Å². The molecule has 2 aromatic rings. The third-order valence-corrected chi connectivity index (χ3v) is 4.17. The SMILES string of the molecule is Fc1cc(CNCc2ccc(Br)s2)ccc1Cl. The van der Waals surface area contributed by atoms with E-state index in [4.69, 9.17) is 11.6 Å². The highest BCUT2D eigenvalue weighted by atomic mass is 79.9. The molecule has 0 spiro atoms. The first-order valence-corrected chi connectivity index (χ1v) is 7.03. The lowest BCUT2D eigenvalue weighted by atomic mass is 10.2. The van der Waals surface area contributed by atoms with Gasteiger partial charge in [0, 0.05) is 18.0 Å². The van der Waals surface area contributed by atoms with Gasteiger partial charge in [-0.25, -0.2) is 4.39 Å². The first-order chi connectivity index (χ1) is 8.15. The number of hydrogen-bond acceptors (Lipinski definition) is 2. The third kappa shape index (κ3) is 3.78. The second kappa shape index (κ2) is 5.96. The van der Waals surface area contributed by atoms with Crippen molar-refractivity contribution in [3.8, 4) is 0 Å². The summed E-state index contributed by atoms with van der Waals surface area (Å²) >= 11 is 10.7. The van der Waals surface area contributed by atoms with Gasteiger partial charge in [-0.15, -0.1) is 11.3 Å². The van der Waals surface area contributed by atoms with Crippen LogP contribution >= 0.6 is 38.9 Å². The lowest BCUT2D eigenvalue weighted by Gasteiger charge is -2.04. The van der Waals surface area contributed by atoms with E-state index in [-0.39, 0.29) is 10.8 Å². The fourth-order valence-electron chi connectivity index (χ4n) is 1.43. The average molecular weight is 335 g/mol. The van der Waals surface area contributed by atoms with Crippen LogP contribution in [0.4, 0.5) is 4.39 Å². The van der Waals surface area contributed by atoms with Gasteiger partial charge in [0.05, 0.1) is 8.81 Å². The number of benzene rings is 1. The van der Waals surface area contributed by atoms with E-state index in [0.717, 1.165) is 15.9 Å².